The van der Waals surface area contributed by atoms with Crippen LogP contribution in [0.3, 0.4) is 0 Å². The van der Waals surface area contributed by atoms with Gasteiger partial charge in [0.05, 0.1) is 4.47 Å². The number of nitrogens with one attached hydrogen (secondary N) is 1. The predicted molar refractivity (Wildman–Crippen MR) is 97.2 cm³/mol. The van der Waals surface area contributed by atoms with Gasteiger partial charge in [-0.05, 0) is 72.3 Å². The second-order valence-electron chi connectivity index (χ2n) is 6.59. The Morgan fingerprint density at radius 2 is 2.08 bits per heavy atom. The van der Waals surface area contributed by atoms with E-state index in [1.54, 1.807) is 13.0 Å². The molecule has 0 saturated carbocycles. The maximum absolute atomic E-state index is 13.1. The molecule has 134 valence electrons. The highest BCUT2D eigenvalue weighted by Gasteiger charge is 2.38. The smallest absolute Gasteiger partial charge is 0.263 e. The average Bonchev–Trinajstić information content (AvgIpc) is 2.98. The number of ether oxygens (including phenoxy) is 1. The van der Waals surface area contributed by atoms with Gasteiger partial charge in [-0.25, -0.2) is 4.39 Å². The molecule has 1 unspecified atom stereocenters. The number of benzene rings is 1. The minimum atomic E-state index is -0.576. The highest BCUT2D eigenvalue weighted by Crippen LogP contribution is 2.37. The molecule has 24 heavy (non-hydrogen) atoms. The lowest BCUT2D eigenvalue weighted by atomic mass is 9.78. The van der Waals surface area contributed by atoms with Crippen molar-refractivity contribution in [2.24, 2.45) is 5.41 Å². The molecule has 0 bridgehead atoms. The molecule has 0 aliphatic carbocycles. The van der Waals surface area contributed by atoms with Crippen molar-refractivity contribution < 1.29 is 13.9 Å². The van der Waals surface area contributed by atoms with E-state index in [0.717, 1.165) is 39.0 Å². The normalized spacial score (nSPS) is 20.5. The number of nitrogens with zero attached hydrogens (tertiary/aromatic N) is 1. The van der Waals surface area contributed by atoms with Gasteiger partial charge < -0.3 is 15.0 Å². The van der Waals surface area contributed by atoms with E-state index in [1.165, 1.54) is 18.6 Å². The number of rotatable bonds is 3. The SMILES string of the molecule is CC(Oc1ccc(F)cc1Br)C(=O)N1CCC2(CCNC2)CC1.Cl. The highest BCUT2D eigenvalue weighted by atomic mass is 79.9. The number of hydrogen-bond donors (Lipinski definition) is 1. The maximum atomic E-state index is 13.1. The summed E-state index contributed by atoms with van der Waals surface area (Å²) in [6.45, 7) is 5.49. The molecule has 0 radical (unpaired) electrons. The van der Waals surface area contributed by atoms with Crippen LogP contribution in [0.4, 0.5) is 4.39 Å². The fourth-order valence-corrected chi connectivity index (χ4v) is 3.94. The van der Waals surface area contributed by atoms with Crippen molar-refractivity contribution in [2.45, 2.75) is 32.3 Å². The van der Waals surface area contributed by atoms with Crippen molar-refractivity contribution in [2.75, 3.05) is 26.2 Å². The zero-order valence-corrected chi connectivity index (χ0v) is 16.1. The van der Waals surface area contributed by atoms with Gasteiger partial charge in [0, 0.05) is 19.6 Å². The maximum Gasteiger partial charge on any atom is 0.263 e. The number of carbonyl (C=O) groups is 1. The quantitative estimate of drug-likeness (QED) is 0.813. The van der Waals surface area contributed by atoms with E-state index in [4.69, 9.17) is 4.74 Å². The minimum Gasteiger partial charge on any atom is -0.480 e. The van der Waals surface area contributed by atoms with Crippen molar-refractivity contribution >= 4 is 34.2 Å². The topological polar surface area (TPSA) is 41.6 Å². The molecular weight excluding hydrogens is 399 g/mol. The molecule has 2 heterocycles. The van der Waals surface area contributed by atoms with Crippen LogP contribution in [-0.4, -0.2) is 43.1 Å². The molecule has 1 aromatic carbocycles. The van der Waals surface area contributed by atoms with Crippen molar-refractivity contribution in [1.29, 1.82) is 0 Å². The summed E-state index contributed by atoms with van der Waals surface area (Å²) in [7, 11) is 0. The Labute approximate surface area is 156 Å². The summed E-state index contributed by atoms with van der Waals surface area (Å²) in [4.78, 5) is 14.5. The first kappa shape index (κ1) is 19.5. The van der Waals surface area contributed by atoms with Gasteiger partial charge in [-0.2, -0.15) is 0 Å². The predicted octanol–water partition coefficient (Wildman–Crippen LogP) is 3.38. The Hall–Kier alpha value is -0.850. The number of halogens is 3. The fraction of sp³-hybridized carbons (Fsp3) is 0.588. The van der Waals surface area contributed by atoms with E-state index in [2.05, 4.69) is 21.2 Å². The van der Waals surface area contributed by atoms with E-state index >= 15 is 0 Å². The summed E-state index contributed by atoms with van der Waals surface area (Å²) in [5, 5.41) is 3.43. The van der Waals surface area contributed by atoms with E-state index in [9.17, 15) is 9.18 Å². The number of carbonyl (C=O) groups excluding carboxylic acids is 1. The molecular formula is C17H23BrClFN2O2. The van der Waals surface area contributed by atoms with Crippen LogP contribution in [0.2, 0.25) is 0 Å². The standard InChI is InChI=1S/C17H22BrFN2O2.ClH/c1-12(23-15-3-2-13(19)10-14(15)18)16(22)21-8-5-17(6-9-21)4-7-20-11-17;/h2-3,10,12,20H,4-9,11H2,1H3;1H. The number of piperidine rings is 1. The average molecular weight is 422 g/mol. The Morgan fingerprint density at radius 3 is 2.67 bits per heavy atom. The first-order chi connectivity index (χ1) is 11.0. The molecule has 2 saturated heterocycles. The monoisotopic (exact) mass is 420 g/mol. The van der Waals surface area contributed by atoms with Gasteiger partial charge in [-0.1, -0.05) is 0 Å². The van der Waals surface area contributed by atoms with E-state index < -0.39 is 6.10 Å². The third kappa shape index (κ3) is 4.21. The molecule has 1 amide bonds. The Balaban J connectivity index is 0.00000208. The van der Waals surface area contributed by atoms with E-state index in [1.807, 2.05) is 4.90 Å². The fourth-order valence-electron chi connectivity index (χ4n) is 3.49. The zero-order valence-electron chi connectivity index (χ0n) is 13.7. The van der Waals surface area contributed by atoms with Crippen molar-refractivity contribution in [3.05, 3.63) is 28.5 Å². The van der Waals surface area contributed by atoms with Gasteiger partial charge in [0.25, 0.3) is 5.91 Å². The minimum absolute atomic E-state index is 0. The van der Waals surface area contributed by atoms with Gasteiger partial charge in [-0.15, -0.1) is 12.4 Å². The molecule has 0 aromatic heterocycles. The zero-order chi connectivity index (χ0) is 16.4. The second kappa shape index (κ2) is 8.02. The van der Waals surface area contributed by atoms with Crippen LogP contribution in [-0.2, 0) is 4.79 Å². The Kier molecular flexibility index (Phi) is 6.51. The molecule has 1 spiro atoms. The first-order valence-corrected chi connectivity index (χ1v) is 8.90. The summed E-state index contributed by atoms with van der Waals surface area (Å²) >= 11 is 3.26. The third-order valence-corrected chi connectivity index (χ3v) is 5.63. The molecule has 1 atom stereocenters. The van der Waals surface area contributed by atoms with Crippen LogP contribution in [0.5, 0.6) is 5.75 Å². The van der Waals surface area contributed by atoms with Gasteiger partial charge >= 0.3 is 0 Å². The summed E-state index contributed by atoms with van der Waals surface area (Å²) in [5.74, 6) is 0.150. The summed E-state index contributed by atoms with van der Waals surface area (Å²) in [5.41, 5.74) is 0.390. The largest absolute Gasteiger partial charge is 0.480 e. The van der Waals surface area contributed by atoms with Crippen molar-refractivity contribution in [3.63, 3.8) is 0 Å². The molecule has 2 fully saturated rings. The summed E-state index contributed by atoms with van der Waals surface area (Å²) < 4.78 is 19.3. The molecule has 2 aliphatic rings. The highest BCUT2D eigenvalue weighted by molar-refractivity contribution is 9.10. The lowest BCUT2D eigenvalue weighted by Gasteiger charge is -2.39. The molecule has 3 rings (SSSR count). The van der Waals surface area contributed by atoms with Crippen molar-refractivity contribution in [1.82, 2.24) is 10.2 Å². The van der Waals surface area contributed by atoms with Crippen molar-refractivity contribution in [3.8, 4) is 5.75 Å². The molecule has 1 aromatic rings. The summed E-state index contributed by atoms with van der Waals surface area (Å²) in [6.07, 6.45) is 2.74. The molecule has 1 N–H and O–H groups in total. The van der Waals surface area contributed by atoms with Crippen LogP contribution >= 0.6 is 28.3 Å². The van der Waals surface area contributed by atoms with E-state index in [-0.39, 0.29) is 24.1 Å². The molecule has 7 heteroatoms. The van der Waals surface area contributed by atoms with Gasteiger partial charge in [0.2, 0.25) is 0 Å². The molecule has 2 aliphatic heterocycles. The number of likely N-dealkylation sites (tertiary alicyclic amines) is 1. The number of amides is 1. The second-order valence-corrected chi connectivity index (χ2v) is 7.44. The Morgan fingerprint density at radius 1 is 1.38 bits per heavy atom. The third-order valence-electron chi connectivity index (χ3n) is 5.01. The van der Waals surface area contributed by atoms with Crippen LogP contribution in [0.1, 0.15) is 26.2 Å². The summed E-state index contributed by atoms with van der Waals surface area (Å²) in [6, 6.07) is 4.21. The first-order valence-electron chi connectivity index (χ1n) is 8.10. The molecule has 4 nitrogen and oxygen atoms in total. The lowest BCUT2D eigenvalue weighted by molar-refractivity contribution is -0.140. The van der Waals surface area contributed by atoms with Crippen LogP contribution in [0, 0.1) is 11.2 Å². The van der Waals surface area contributed by atoms with Gasteiger partial charge in [0.1, 0.15) is 11.6 Å². The van der Waals surface area contributed by atoms with Crippen LogP contribution in [0.15, 0.2) is 22.7 Å². The number of hydrogen-bond acceptors (Lipinski definition) is 3. The van der Waals surface area contributed by atoms with Crippen LogP contribution in [0.25, 0.3) is 0 Å². The van der Waals surface area contributed by atoms with Gasteiger partial charge in [0.15, 0.2) is 6.10 Å². The lowest BCUT2D eigenvalue weighted by Crippen LogP contribution is -2.48. The van der Waals surface area contributed by atoms with E-state index in [0.29, 0.717) is 15.6 Å². The van der Waals surface area contributed by atoms with Crippen LogP contribution < -0.4 is 10.1 Å². The Bertz CT molecular complexity index is 586. The van der Waals surface area contributed by atoms with Gasteiger partial charge in [-0.3, -0.25) is 4.79 Å².